The van der Waals surface area contributed by atoms with E-state index in [1.807, 2.05) is 24.3 Å². The third kappa shape index (κ3) is 4.08. The highest BCUT2D eigenvalue weighted by Gasteiger charge is 2.19. The summed E-state index contributed by atoms with van der Waals surface area (Å²) in [5.74, 6) is 0.00246. The van der Waals surface area contributed by atoms with Gasteiger partial charge in [-0.2, -0.15) is 0 Å². The number of hydrogen-bond acceptors (Lipinski definition) is 3. The van der Waals surface area contributed by atoms with Crippen molar-refractivity contribution in [2.24, 2.45) is 0 Å². The molecule has 1 unspecified atom stereocenters. The van der Waals surface area contributed by atoms with Crippen LogP contribution in [0.1, 0.15) is 6.42 Å². The van der Waals surface area contributed by atoms with Crippen molar-refractivity contribution < 1.29 is 4.79 Å². The summed E-state index contributed by atoms with van der Waals surface area (Å²) in [5.41, 5.74) is 0.819. The van der Waals surface area contributed by atoms with Crippen molar-refractivity contribution in [1.29, 1.82) is 0 Å². The van der Waals surface area contributed by atoms with Crippen LogP contribution >= 0.6 is 15.9 Å². The lowest BCUT2D eigenvalue weighted by Crippen LogP contribution is -2.37. The molecule has 0 bridgehead atoms. The van der Waals surface area contributed by atoms with E-state index in [0.29, 0.717) is 12.6 Å². The molecule has 98 valence electrons. The molecule has 1 amide bonds. The topological polar surface area (TPSA) is 44.4 Å². The predicted molar refractivity (Wildman–Crippen MR) is 76.7 cm³/mol. The van der Waals surface area contributed by atoms with Crippen LogP contribution in [0, 0.1) is 0 Å². The number of benzene rings is 1. The average Bonchev–Trinajstić information content (AvgIpc) is 2.73. The Balaban J connectivity index is 1.75. The molecule has 2 rings (SSSR count). The van der Waals surface area contributed by atoms with Gasteiger partial charge in [0.1, 0.15) is 0 Å². The average molecular weight is 312 g/mol. The Hall–Kier alpha value is -0.910. The van der Waals surface area contributed by atoms with E-state index in [9.17, 15) is 4.79 Å². The Morgan fingerprint density at radius 1 is 1.56 bits per heavy atom. The highest BCUT2D eigenvalue weighted by molar-refractivity contribution is 9.10. The first-order valence-corrected chi connectivity index (χ1v) is 6.90. The highest BCUT2D eigenvalue weighted by atomic mass is 79.9. The number of hydrogen-bond donors (Lipinski definition) is 2. The molecule has 1 aromatic rings. The quantitative estimate of drug-likeness (QED) is 0.889. The molecule has 0 aliphatic carbocycles. The maximum absolute atomic E-state index is 11.8. The summed E-state index contributed by atoms with van der Waals surface area (Å²) in [5, 5.41) is 6.15. The zero-order valence-electron chi connectivity index (χ0n) is 10.4. The lowest BCUT2D eigenvalue weighted by molar-refractivity contribution is -0.115. The van der Waals surface area contributed by atoms with Gasteiger partial charge in [-0.05, 0) is 38.2 Å². The molecule has 1 atom stereocenters. The van der Waals surface area contributed by atoms with E-state index in [-0.39, 0.29) is 5.91 Å². The molecular formula is C13H18BrN3O. The van der Waals surface area contributed by atoms with Crippen molar-refractivity contribution in [2.75, 3.05) is 32.0 Å². The third-order valence-electron chi connectivity index (χ3n) is 3.05. The molecule has 0 saturated carbocycles. The Bertz CT molecular complexity index is 424. The molecule has 1 fully saturated rings. The van der Waals surface area contributed by atoms with E-state index < -0.39 is 0 Å². The maximum atomic E-state index is 11.8. The zero-order chi connectivity index (χ0) is 13.0. The summed E-state index contributed by atoms with van der Waals surface area (Å²) in [6.45, 7) is 2.49. The molecule has 0 spiro atoms. The van der Waals surface area contributed by atoms with E-state index >= 15 is 0 Å². The van der Waals surface area contributed by atoms with Gasteiger partial charge in [0.15, 0.2) is 0 Å². The van der Waals surface area contributed by atoms with Gasteiger partial charge in [0, 0.05) is 22.7 Å². The molecular weight excluding hydrogens is 294 g/mol. The molecule has 1 aromatic carbocycles. The van der Waals surface area contributed by atoms with E-state index in [0.717, 1.165) is 29.7 Å². The van der Waals surface area contributed by atoms with Crippen molar-refractivity contribution >= 4 is 27.5 Å². The molecule has 5 heteroatoms. The van der Waals surface area contributed by atoms with Crippen LogP contribution in [0.5, 0.6) is 0 Å². The fraction of sp³-hybridized carbons (Fsp3) is 0.462. The van der Waals surface area contributed by atoms with Gasteiger partial charge in [0.2, 0.25) is 5.91 Å². The standard InChI is InChI=1S/C13H18BrN3O/c1-17-6-5-12(9-17)15-8-13(18)16-11-4-2-3-10(14)7-11/h2-4,7,12,15H,5-6,8-9H2,1H3,(H,16,18). The largest absolute Gasteiger partial charge is 0.325 e. The second-order valence-electron chi connectivity index (χ2n) is 4.69. The summed E-state index contributed by atoms with van der Waals surface area (Å²) in [6.07, 6.45) is 1.11. The molecule has 0 radical (unpaired) electrons. The normalized spacial score (nSPS) is 20.0. The summed E-state index contributed by atoms with van der Waals surface area (Å²) in [6, 6.07) is 8.04. The van der Waals surface area contributed by atoms with Crippen LogP contribution in [-0.2, 0) is 4.79 Å². The monoisotopic (exact) mass is 311 g/mol. The van der Waals surface area contributed by atoms with Gasteiger partial charge >= 0.3 is 0 Å². The van der Waals surface area contributed by atoms with Gasteiger partial charge in [-0.1, -0.05) is 22.0 Å². The number of halogens is 1. The number of nitrogens with zero attached hydrogens (tertiary/aromatic N) is 1. The first-order valence-electron chi connectivity index (χ1n) is 6.11. The number of carbonyl (C=O) groups excluding carboxylic acids is 1. The minimum absolute atomic E-state index is 0.00246. The van der Waals surface area contributed by atoms with Gasteiger partial charge < -0.3 is 15.5 Å². The first kappa shape index (κ1) is 13.5. The molecule has 1 aliphatic heterocycles. The molecule has 4 nitrogen and oxygen atoms in total. The van der Waals surface area contributed by atoms with Crippen LogP contribution in [0.15, 0.2) is 28.7 Å². The van der Waals surface area contributed by atoms with E-state index in [4.69, 9.17) is 0 Å². The van der Waals surface area contributed by atoms with Gasteiger partial charge in [0.25, 0.3) is 0 Å². The van der Waals surface area contributed by atoms with E-state index in [2.05, 4.69) is 38.5 Å². The fourth-order valence-electron chi connectivity index (χ4n) is 2.11. The molecule has 1 saturated heterocycles. The van der Waals surface area contributed by atoms with Gasteiger partial charge in [0.05, 0.1) is 6.54 Å². The fourth-order valence-corrected chi connectivity index (χ4v) is 2.51. The summed E-state index contributed by atoms with van der Waals surface area (Å²) in [4.78, 5) is 14.0. The molecule has 2 N–H and O–H groups in total. The number of likely N-dealkylation sites (tertiary alicyclic amines) is 1. The Morgan fingerprint density at radius 3 is 3.06 bits per heavy atom. The minimum Gasteiger partial charge on any atom is -0.325 e. The molecule has 1 aliphatic rings. The maximum Gasteiger partial charge on any atom is 0.238 e. The Morgan fingerprint density at radius 2 is 2.39 bits per heavy atom. The van der Waals surface area contributed by atoms with Crippen LogP contribution in [0.25, 0.3) is 0 Å². The number of amides is 1. The summed E-state index contributed by atoms with van der Waals surface area (Å²) < 4.78 is 0.964. The van der Waals surface area contributed by atoms with Crippen LogP contribution in [-0.4, -0.2) is 43.5 Å². The van der Waals surface area contributed by atoms with Crippen LogP contribution < -0.4 is 10.6 Å². The van der Waals surface area contributed by atoms with Crippen molar-refractivity contribution in [2.45, 2.75) is 12.5 Å². The number of rotatable bonds is 4. The number of nitrogens with one attached hydrogen (secondary N) is 2. The predicted octanol–water partition coefficient (Wildman–Crippen LogP) is 1.68. The second-order valence-corrected chi connectivity index (χ2v) is 5.60. The van der Waals surface area contributed by atoms with Crippen molar-refractivity contribution in [3.63, 3.8) is 0 Å². The lowest BCUT2D eigenvalue weighted by Gasteiger charge is -2.12. The molecule has 18 heavy (non-hydrogen) atoms. The Kier molecular flexibility index (Phi) is 4.74. The summed E-state index contributed by atoms with van der Waals surface area (Å²) >= 11 is 3.38. The Labute approximate surface area is 116 Å². The number of carbonyl (C=O) groups is 1. The van der Waals surface area contributed by atoms with Crippen LogP contribution in [0.3, 0.4) is 0 Å². The smallest absolute Gasteiger partial charge is 0.238 e. The van der Waals surface area contributed by atoms with Gasteiger partial charge in [-0.25, -0.2) is 0 Å². The number of likely N-dealkylation sites (N-methyl/N-ethyl adjacent to an activating group) is 1. The second kappa shape index (κ2) is 6.31. The zero-order valence-corrected chi connectivity index (χ0v) is 12.0. The van der Waals surface area contributed by atoms with Gasteiger partial charge in [-0.3, -0.25) is 4.79 Å². The van der Waals surface area contributed by atoms with Crippen LogP contribution in [0.2, 0.25) is 0 Å². The first-order chi connectivity index (χ1) is 8.63. The van der Waals surface area contributed by atoms with Crippen molar-refractivity contribution in [1.82, 2.24) is 10.2 Å². The lowest BCUT2D eigenvalue weighted by atomic mass is 10.2. The van der Waals surface area contributed by atoms with E-state index in [1.165, 1.54) is 0 Å². The highest BCUT2D eigenvalue weighted by Crippen LogP contribution is 2.15. The van der Waals surface area contributed by atoms with Crippen molar-refractivity contribution in [3.05, 3.63) is 28.7 Å². The molecule has 1 heterocycles. The third-order valence-corrected chi connectivity index (χ3v) is 3.54. The van der Waals surface area contributed by atoms with E-state index in [1.54, 1.807) is 0 Å². The SMILES string of the molecule is CN1CCC(NCC(=O)Nc2cccc(Br)c2)C1. The van der Waals surface area contributed by atoms with Crippen LogP contribution in [0.4, 0.5) is 5.69 Å². The number of anilines is 1. The van der Waals surface area contributed by atoms with Gasteiger partial charge in [-0.15, -0.1) is 0 Å². The minimum atomic E-state index is 0.00246. The molecule has 0 aromatic heterocycles. The summed E-state index contributed by atoms with van der Waals surface area (Å²) in [7, 11) is 2.10. The van der Waals surface area contributed by atoms with Crippen molar-refractivity contribution in [3.8, 4) is 0 Å².